The second kappa shape index (κ2) is 11.5. The Balaban J connectivity index is 0.00000277. The zero-order valence-corrected chi connectivity index (χ0v) is 17.3. The van der Waals surface area contributed by atoms with Crippen molar-refractivity contribution < 1.29 is 0 Å². The van der Waals surface area contributed by atoms with Gasteiger partial charge in [-0.15, -0.1) is 0 Å². The van der Waals surface area contributed by atoms with E-state index in [2.05, 4.69) is 62.3 Å². The van der Waals surface area contributed by atoms with Crippen LogP contribution >= 0.6 is 0 Å². The first-order chi connectivity index (χ1) is 11.8. The molecule has 1 rings (SSSR count). The minimum absolute atomic E-state index is 0.106. The summed E-state index contributed by atoms with van der Waals surface area (Å²) in [4.78, 5) is 4.57. The van der Waals surface area contributed by atoms with Crippen molar-refractivity contribution in [2.75, 3.05) is 0 Å². The van der Waals surface area contributed by atoms with Gasteiger partial charge in [0.1, 0.15) is 0 Å². The molecule has 0 aliphatic rings. The van der Waals surface area contributed by atoms with E-state index >= 15 is 0 Å². The van der Waals surface area contributed by atoms with E-state index in [0.717, 1.165) is 11.4 Å². The highest BCUT2D eigenvalue weighted by Crippen LogP contribution is 2.20. The number of nitrogens with zero attached hydrogens (tertiary/aromatic N) is 1. The Morgan fingerprint density at radius 3 is 2.08 bits per heavy atom. The summed E-state index contributed by atoms with van der Waals surface area (Å²) in [6.45, 7) is 16.7. The van der Waals surface area contributed by atoms with Gasteiger partial charge >= 0.3 is 0 Å². The van der Waals surface area contributed by atoms with Gasteiger partial charge in [0.15, 0.2) is 0 Å². The predicted octanol–water partition coefficient (Wildman–Crippen LogP) is 6.85. The fourth-order valence-corrected chi connectivity index (χ4v) is 2.02. The first kappa shape index (κ1) is 22.9. The van der Waals surface area contributed by atoms with Gasteiger partial charge in [0.2, 0.25) is 0 Å². The number of hydrogen-bond donors (Lipinski definition) is 1. The van der Waals surface area contributed by atoms with Crippen LogP contribution in [-0.2, 0) is 0 Å². The first-order valence-corrected chi connectivity index (χ1v) is 9.16. The Labute approximate surface area is 155 Å². The zero-order valence-electron chi connectivity index (χ0n) is 17.3. The normalized spacial score (nSPS) is 13.4. The Bertz CT molecular complexity index is 588. The highest BCUT2D eigenvalue weighted by atomic mass is 15.0. The largest absolute Gasteiger partial charge is 0.377 e. The Morgan fingerprint density at radius 2 is 1.56 bits per heavy atom. The van der Waals surface area contributed by atoms with Crippen LogP contribution in [0.2, 0.25) is 0 Å². The van der Waals surface area contributed by atoms with E-state index in [-0.39, 0.29) is 11.0 Å². The maximum absolute atomic E-state index is 4.57. The molecule has 0 bridgehead atoms. The third-order valence-corrected chi connectivity index (χ3v) is 3.36. The van der Waals surface area contributed by atoms with Gasteiger partial charge in [-0.25, -0.2) is 0 Å². The van der Waals surface area contributed by atoms with Gasteiger partial charge in [-0.05, 0) is 45.9 Å². The van der Waals surface area contributed by atoms with Gasteiger partial charge in [-0.2, -0.15) is 0 Å². The van der Waals surface area contributed by atoms with Crippen LogP contribution in [0.3, 0.4) is 0 Å². The van der Waals surface area contributed by atoms with E-state index in [1.54, 1.807) is 0 Å². The number of benzene rings is 1. The Morgan fingerprint density at radius 1 is 0.960 bits per heavy atom. The molecule has 0 aromatic heterocycles. The summed E-state index contributed by atoms with van der Waals surface area (Å²) in [6.07, 6.45) is 12.6. The molecule has 25 heavy (non-hydrogen) atoms. The highest BCUT2D eigenvalue weighted by molar-refractivity contribution is 5.71. The van der Waals surface area contributed by atoms with E-state index in [1.807, 2.05) is 70.3 Å². The SMILES string of the molecule is C/C=C\C(=C/C)NC(C)(C)/C=C/C(C)(C)C=Nc1ccccc1.CC. The monoisotopic (exact) mass is 340 g/mol. The van der Waals surface area contributed by atoms with Crippen molar-refractivity contribution in [2.45, 2.75) is 60.9 Å². The van der Waals surface area contributed by atoms with Crippen molar-refractivity contribution in [3.63, 3.8) is 0 Å². The summed E-state index contributed by atoms with van der Waals surface area (Å²) in [5.41, 5.74) is 1.87. The lowest BCUT2D eigenvalue weighted by Crippen LogP contribution is -2.36. The van der Waals surface area contributed by atoms with Crippen LogP contribution in [0.25, 0.3) is 0 Å². The number of allylic oxidation sites excluding steroid dienone is 4. The molecule has 2 nitrogen and oxygen atoms in total. The maximum Gasteiger partial charge on any atom is 0.0626 e. The lowest BCUT2D eigenvalue weighted by molar-refractivity contribution is 0.529. The molecule has 1 N–H and O–H groups in total. The van der Waals surface area contributed by atoms with Gasteiger partial charge in [-0.3, -0.25) is 4.99 Å². The molecule has 0 atom stereocenters. The van der Waals surface area contributed by atoms with E-state index < -0.39 is 0 Å². The van der Waals surface area contributed by atoms with Gasteiger partial charge < -0.3 is 5.32 Å². The predicted molar refractivity (Wildman–Crippen MR) is 115 cm³/mol. The van der Waals surface area contributed by atoms with E-state index in [9.17, 15) is 0 Å². The number of rotatable bonds is 7. The molecule has 0 fully saturated rings. The van der Waals surface area contributed by atoms with Crippen LogP contribution in [0.4, 0.5) is 5.69 Å². The molecule has 0 saturated heterocycles. The standard InChI is InChI=1S/C21H30N2.C2H6/c1-7-12-18(8-2)23-21(5,6)16-15-20(3,4)17-22-19-13-10-9-11-14-19;1-2/h7-17,23H,1-6H3;1-2H3/b12-7-,16-15+,18-8+,22-17?;. The Hall–Kier alpha value is -2.09. The smallest absolute Gasteiger partial charge is 0.0626 e. The summed E-state index contributed by atoms with van der Waals surface area (Å²) in [6, 6.07) is 10.0. The first-order valence-electron chi connectivity index (χ1n) is 9.16. The fraction of sp³-hybridized carbons (Fsp3) is 0.435. The second-order valence-electron chi connectivity index (χ2n) is 6.84. The molecule has 0 radical (unpaired) electrons. The van der Waals surface area contributed by atoms with Crippen LogP contribution in [-0.4, -0.2) is 11.8 Å². The molecule has 1 aromatic carbocycles. The molecule has 0 heterocycles. The van der Waals surface area contributed by atoms with Gasteiger partial charge in [0, 0.05) is 22.9 Å². The Kier molecular flexibility index (Phi) is 10.5. The molecule has 138 valence electrons. The van der Waals surface area contributed by atoms with Crippen molar-refractivity contribution in [3.05, 3.63) is 66.4 Å². The van der Waals surface area contributed by atoms with Crippen LogP contribution in [0.5, 0.6) is 0 Å². The third kappa shape index (κ3) is 10.4. The minimum atomic E-state index is -0.126. The molecular weight excluding hydrogens is 304 g/mol. The number of aliphatic imine (C=N–C) groups is 1. The summed E-state index contributed by atoms with van der Waals surface area (Å²) < 4.78 is 0. The molecule has 1 aromatic rings. The average molecular weight is 341 g/mol. The molecule has 0 saturated carbocycles. The summed E-state index contributed by atoms with van der Waals surface area (Å²) in [7, 11) is 0. The van der Waals surface area contributed by atoms with Crippen molar-refractivity contribution in [1.82, 2.24) is 5.32 Å². The number of nitrogens with one attached hydrogen (secondary N) is 1. The van der Waals surface area contributed by atoms with Crippen molar-refractivity contribution in [3.8, 4) is 0 Å². The van der Waals surface area contributed by atoms with Gasteiger partial charge in [0.25, 0.3) is 0 Å². The average Bonchev–Trinajstić information content (AvgIpc) is 2.61. The summed E-state index contributed by atoms with van der Waals surface area (Å²) in [5.74, 6) is 0. The highest BCUT2D eigenvalue weighted by Gasteiger charge is 2.17. The minimum Gasteiger partial charge on any atom is -0.377 e. The molecule has 0 aliphatic heterocycles. The molecule has 2 heteroatoms. The summed E-state index contributed by atoms with van der Waals surface area (Å²) in [5, 5.41) is 3.53. The van der Waals surface area contributed by atoms with Crippen molar-refractivity contribution in [2.24, 2.45) is 10.4 Å². The summed E-state index contributed by atoms with van der Waals surface area (Å²) >= 11 is 0. The van der Waals surface area contributed by atoms with Crippen molar-refractivity contribution in [1.29, 1.82) is 0 Å². The van der Waals surface area contributed by atoms with Crippen LogP contribution in [0, 0.1) is 5.41 Å². The number of para-hydroxylation sites is 1. The van der Waals surface area contributed by atoms with Crippen LogP contribution in [0.1, 0.15) is 55.4 Å². The number of hydrogen-bond acceptors (Lipinski definition) is 2. The second-order valence-corrected chi connectivity index (χ2v) is 6.84. The van der Waals surface area contributed by atoms with E-state index in [4.69, 9.17) is 0 Å². The lowest BCUT2D eigenvalue weighted by Gasteiger charge is -2.26. The van der Waals surface area contributed by atoms with Crippen LogP contribution in [0.15, 0.2) is 71.4 Å². The lowest BCUT2D eigenvalue weighted by atomic mass is 9.91. The third-order valence-electron chi connectivity index (χ3n) is 3.36. The molecule has 0 unspecified atom stereocenters. The van der Waals surface area contributed by atoms with Crippen molar-refractivity contribution >= 4 is 11.9 Å². The van der Waals surface area contributed by atoms with E-state index in [1.165, 1.54) is 0 Å². The topological polar surface area (TPSA) is 24.4 Å². The van der Waals surface area contributed by atoms with Gasteiger partial charge in [0.05, 0.1) is 5.69 Å². The van der Waals surface area contributed by atoms with Gasteiger partial charge in [-0.1, -0.05) is 70.2 Å². The zero-order chi connectivity index (χ0) is 19.3. The molecule has 0 aliphatic carbocycles. The van der Waals surface area contributed by atoms with Crippen LogP contribution < -0.4 is 5.32 Å². The quantitative estimate of drug-likeness (QED) is 0.328. The molecular formula is C23H36N2. The maximum atomic E-state index is 4.57. The van der Waals surface area contributed by atoms with E-state index in [0.29, 0.717) is 0 Å². The molecule has 0 amide bonds. The fourth-order valence-electron chi connectivity index (χ4n) is 2.02. The molecule has 0 spiro atoms.